The molecule has 2 saturated heterocycles. The first-order valence-electron chi connectivity index (χ1n) is 12.6. The summed E-state index contributed by atoms with van der Waals surface area (Å²) in [7, 11) is 0. The highest BCUT2D eigenvalue weighted by Crippen LogP contribution is 2.38. The van der Waals surface area contributed by atoms with Crippen LogP contribution in [-0.4, -0.2) is 61.1 Å². The molecule has 192 valence electrons. The largest absolute Gasteiger partial charge is 0.481 e. The molecule has 2 bridgehead atoms. The van der Waals surface area contributed by atoms with Gasteiger partial charge >= 0.3 is 5.97 Å². The molecule has 1 N–H and O–H groups in total. The Hall–Kier alpha value is -2.58. The number of benzene rings is 1. The first-order valence-corrected chi connectivity index (χ1v) is 13.4. The topological polar surface area (TPSA) is 95.7 Å². The predicted octanol–water partition coefficient (Wildman–Crippen LogP) is 4.41. The van der Waals surface area contributed by atoms with E-state index in [1.165, 1.54) is 0 Å². The number of carboxylic acid groups (broad SMARTS) is 1. The maximum Gasteiger partial charge on any atom is 0.306 e. The lowest BCUT2D eigenvalue weighted by atomic mass is 9.78. The number of piperidine rings is 2. The number of rotatable bonds is 5. The van der Waals surface area contributed by atoms with Gasteiger partial charge in [0.25, 0.3) is 5.91 Å². The number of amides is 2. The van der Waals surface area contributed by atoms with Gasteiger partial charge in [-0.1, -0.05) is 23.2 Å². The van der Waals surface area contributed by atoms with Gasteiger partial charge in [-0.3, -0.25) is 19.1 Å². The molecule has 5 rings (SSSR count). The summed E-state index contributed by atoms with van der Waals surface area (Å²) >= 11 is 12.2. The number of hydrogen-bond acceptors (Lipinski definition) is 4. The molecule has 1 aromatic carbocycles. The maximum atomic E-state index is 13.5. The number of aryl methyl sites for hydroxylation is 2. The van der Waals surface area contributed by atoms with Gasteiger partial charge in [-0.25, -0.2) is 0 Å². The van der Waals surface area contributed by atoms with E-state index in [-0.39, 0.29) is 29.8 Å². The summed E-state index contributed by atoms with van der Waals surface area (Å²) in [5, 5.41) is 15.2. The Morgan fingerprint density at radius 3 is 2.33 bits per heavy atom. The zero-order chi connectivity index (χ0) is 25.4. The van der Waals surface area contributed by atoms with Crippen LogP contribution in [0, 0.1) is 5.92 Å². The summed E-state index contributed by atoms with van der Waals surface area (Å²) in [5.74, 6) is -1.23. The standard InChI is InChI=1S/C26H30Cl2N4O4/c27-18-9-16(10-19(28)13-18)5-6-24(33)30-7-2-8-31-22(15-30)14-23(29-31)25(34)32-20-3-1-4-21(32)12-17(11-20)26(35)36/h9-10,13-14,17,20-21H,1-8,11-12,15H2,(H,35,36). The van der Waals surface area contributed by atoms with Crippen molar-refractivity contribution in [3.8, 4) is 0 Å². The van der Waals surface area contributed by atoms with Crippen LogP contribution in [0.25, 0.3) is 0 Å². The van der Waals surface area contributed by atoms with Gasteiger partial charge in [0.15, 0.2) is 5.69 Å². The number of hydrogen-bond donors (Lipinski definition) is 1. The Morgan fingerprint density at radius 1 is 0.972 bits per heavy atom. The number of nitrogens with zero attached hydrogens (tertiary/aromatic N) is 4. The number of aliphatic carboxylic acids is 1. The molecule has 0 aliphatic carbocycles. The molecule has 4 heterocycles. The van der Waals surface area contributed by atoms with Gasteiger partial charge < -0.3 is 14.9 Å². The minimum Gasteiger partial charge on any atom is -0.481 e. The van der Waals surface area contributed by atoms with Gasteiger partial charge in [0.1, 0.15) is 0 Å². The summed E-state index contributed by atoms with van der Waals surface area (Å²) < 4.78 is 1.84. The Labute approximate surface area is 220 Å². The normalized spacial score (nSPS) is 23.7. The van der Waals surface area contributed by atoms with E-state index >= 15 is 0 Å². The van der Waals surface area contributed by atoms with Crippen molar-refractivity contribution in [1.82, 2.24) is 19.6 Å². The van der Waals surface area contributed by atoms with Crippen molar-refractivity contribution in [1.29, 1.82) is 0 Å². The number of carbonyl (C=O) groups is 3. The summed E-state index contributed by atoms with van der Waals surface area (Å²) in [5.41, 5.74) is 2.16. The van der Waals surface area contributed by atoms with Gasteiger partial charge in [0.05, 0.1) is 18.2 Å². The highest BCUT2D eigenvalue weighted by Gasteiger charge is 2.43. The Kier molecular flexibility index (Phi) is 7.26. The lowest BCUT2D eigenvalue weighted by Gasteiger charge is -2.47. The molecule has 36 heavy (non-hydrogen) atoms. The highest BCUT2D eigenvalue weighted by atomic mass is 35.5. The Morgan fingerprint density at radius 2 is 1.67 bits per heavy atom. The monoisotopic (exact) mass is 532 g/mol. The summed E-state index contributed by atoms with van der Waals surface area (Å²) in [6.07, 6.45) is 5.35. The van der Waals surface area contributed by atoms with Crippen molar-refractivity contribution in [3.05, 3.63) is 51.3 Å². The van der Waals surface area contributed by atoms with Crippen molar-refractivity contribution in [3.63, 3.8) is 0 Å². The van der Waals surface area contributed by atoms with Crippen molar-refractivity contribution in [2.45, 2.75) is 76.5 Å². The minimum absolute atomic E-state index is 0.0406. The SMILES string of the molecule is O=C(O)C1CC2CCCC(C1)N2C(=O)c1cc2n(n1)CCCN(C(=O)CCc1cc(Cl)cc(Cl)c1)C2. The van der Waals surface area contributed by atoms with E-state index in [2.05, 4.69) is 5.10 Å². The van der Waals surface area contributed by atoms with E-state index < -0.39 is 5.97 Å². The molecule has 0 radical (unpaired) electrons. The number of aromatic nitrogens is 2. The summed E-state index contributed by atoms with van der Waals surface area (Å²) in [6.45, 7) is 1.68. The van der Waals surface area contributed by atoms with Crippen molar-refractivity contribution in [2.75, 3.05) is 6.54 Å². The van der Waals surface area contributed by atoms with Crippen LogP contribution in [0.4, 0.5) is 0 Å². The smallest absolute Gasteiger partial charge is 0.306 e. The Bertz CT molecular complexity index is 1150. The second kappa shape index (κ2) is 10.4. The molecule has 10 heteroatoms. The zero-order valence-corrected chi connectivity index (χ0v) is 21.5. The van der Waals surface area contributed by atoms with Gasteiger partial charge in [-0.05, 0) is 74.8 Å². The fourth-order valence-corrected chi connectivity index (χ4v) is 6.56. The molecular formula is C26H30Cl2N4O4. The van der Waals surface area contributed by atoms with Crippen molar-refractivity contribution < 1.29 is 19.5 Å². The van der Waals surface area contributed by atoms with E-state index in [4.69, 9.17) is 23.2 Å². The summed E-state index contributed by atoms with van der Waals surface area (Å²) in [4.78, 5) is 41.8. The highest BCUT2D eigenvalue weighted by molar-refractivity contribution is 6.34. The number of fused-ring (bicyclic) bond motifs is 3. The molecule has 2 fully saturated rings. The third-order valence-electron chi connectivity index (χ3n) is 7.69. The van der Waals surface area contributed by atoms with Gasteiger partial charge in [-0.15, -0.1) is 0 Å². The van der Waals surface area contributed by atoms with Crippen LogP contribution in [0.1, 0.15) is 66.7 Å². The number of carboxylic acids is 1. The molecular weight excluding hydrogens is 503 g/mol. The van der Waals surface area contributed by atoms with Crippen LogP contribution in [0.15, 0.2) is 24.3 Å². The van der Waals surface area contributed by atoms with Crippen LogP contribution in [-0.2, 0) is 29.1 Å². The Balaban J connectivity index is 1.26. The molecule has 3 aliphatic heterocycles. The number of carbonyl (C=O) groups excluding carboxylic acids is 2. The van der Waals surface area contributed by atoms with E-state index in [9.17, 15) is 19.5 Å². The molecule has 0 spiro atoms. The van der Waals surface area contributed by atoms with Crippen LogP contribution >= 0.6 is 23.2 Å². The van der Waals surface area contributed by atoms with Crippen LogP contribution in [0.3, 0.4) is 0 Å². The third-order valence-corrected chi connectivity index (χ3v) is 8.13. The van der Waals surface area contributed by atoms with Crippen molar-refractivity contribution >= 4 is 41.0 Å². The minimum atomic E-state index is -0.768. The molecule has 8 nitrogen and oxygen atoms in total. The van der Waals surface area contributed by atoms with Gasteiger partial charge in [0.2, 0.25) is 5.91 Å². The van der Waals surface area contributed by atoms with E-state index in [0.717, 1.165) is 36.9 Å². The quantitative estimate of drug-likeness (QED) is 0.615. The molecule has 2 amide bonds. The van der Waals surface area contributed by atoms with Crippen LogP contribution in [0.2, 0.25) is 10.0 Å². The first-order chi connectivity index (χ1) is 17.3. The number of halogens is 2. The fourth-order valence-electron chi connectivity index (χ4n) is 5.99. The second-order valence-electron chi connectivity index (χ2n) is 10.1. The van der Waals surface area contributed by atoms with Crippen LogP contribution in [0.5, 0.6) is 0 Å². The average molecular weight is 533 g/mol. The van der Waals surface area contributed by atoms with Crippen LogP contribution < -0.4 is 0 Å². The van der Waals surface area contributed by atoms with E-state index in [1.54, 1.807) is 6.07 Å². The van der Waals surface area contributed by atoms with Gasteiger partial charge in [-0.2, -0.15) is 5.10 Å². The predicted molar refractivity (Wildman–Crippen MR) is 135 cm³/mol. The molecule has 2 aromatic rings. The zero-order valence-electron chi connectivity index (χ0n) is 20.0. The first kappa shape index (κ1) is 25.1. The molecule has 0 saturated carbocycles. The third kappa shape index (κ3) is 5.25. The van der Waals surface area contributed by atoms with E-state index in [1.807, 2.05) is 32.7 Å². The lowest BCUT2D eigenvalue weighted by molar-refractivity contribution is -0.145. The average Bonchev–Trinajstić information content (AvgIpc) is 3.11. The molecule has 2 atom stereocenters. The second-order valence-corrected chi connectivity index (χ2v) is 11.0. The molecule has 2 unspecified atom stereocenters. The lowest BCUT2D eigenvalue weighted by Crippen LogP contribution is -2.55. The van der Waals surface area contributed by atoms with Gasteiger partial charge in [0, 0.05) is 41.6 Å². The fraction of sp³-hybridized carbons (Fsp3) is 0.538. The molecule has 3 aliphatic rings. The maximum absolute atomic E-state index is 13.5. The van der Waals surface area contributed by atoms with Crippen molar-refractivity contribution in [2.24, 2.45) is 5.92 Å². The summed E-state index contributed by atoms with van der Waals surface area (Å²) in [6, 6.07) is 7.03. The molecule has 1 aromatic heterocycles. The van der Waals surface area contributed by atoms with E-state index in [0.29, 0.717) is 61.1 Å².